The van der Waals surface area contributed by atoms with E-state index in [2.05, 4.69) is 61.8 Å². The number of ether oxygens (including phenoxy) is 1. The van der Waals surface area contributed by atoms with Crippen LogP contribution in [0.4, 0.5) is 0 Å². The van der Waals surface area contributed by atoms with Gasteiger partial charge in [-0.05, 0) is 47.7 Å². The first kappa shape index (κ1) is 21.7. The molecule has 3 aromatic rings. The molecule has 2 saturated heterocycles. The predicted molar refractivity (Wildman–Crippen MR) is 133 cm³/mol. The zero-order valence-electron chi connectivity index (χ0n) is 19.6. The Morgan fingerprint density at radius 3 is 2.56 bits per heavy atom. The van der Waals surface area contributed by atoms with Gasteiger partial charge in [-0.25, -0.2) is 0 Å². The van der Waals surface area contributed by atoms with E-state index in [1.54, 1.807) is 0 Å². The molecule has 0 saturated carbocycles. The monoisotopic (exact) mass is 456 g/mol. The van der Waals surface area contributed by atoms with Crippen LogP contribution in [0.15, 0.2) is 65.6 Å². The first-order valence-electron chi connectivity index (χ1n) is 12.5. The van der Waals surface area contributed by atoms with Gasteiger partial charge in [0, 0.05) is 69.2 Å². The lowest BCUT2D eigenvalue weighted by atomic mass is 9.82. The van der Waals surface area contributed by atoms with Crippen molar-refractivity contribution in [1.82, 2.24) is 19.4 Å². The first-order valence-corrected chi connectivity index (χ1v) is 12.5. The lowest BCUT2D eigenvalue weighted by molar-refractivity contribution is 0.0342. The number of nitrogens with zero attached hydrogens (tertiary/aromatic N) is 4. The van der Waals surface area contributed by atoms with Crippen LogP contribution in [0.1, 0.15) is 29.3 Å². The van der Waals surface area contributed by atoms with Crippen molar-refractivity contribution in [3.63, 3.8) is 0 Å². The Labute approximate surface area is 200 Å². The highest BCUT2D eigenvalue weighted by Gasteiger charge is 2.35. The largest absolute Gasteiger partial charge is 0.379 e. The van der Waals surface area contributed by atoms with Crippen molar-refractivity contribution in [3.8, 4) is 11.1 Å². The Kier molecular flexibility index (Phi) is 6.04. The molecule has 2 atom stereocenters. The molecule has 3 aliphatic heterocycles. The summed E-state index contributed by atoms with van der Waals surface area (Å²) in [5.74, 6) is 0.910. The molecular formula is C28H32N4O2. The molecule has 176 valence electrons. The van der Waals surface area contributed by atoms with E-state index in [9.17, 15) is 4.79 Å². The molecule has 0 N–H and O–H groups in total. The number of rotatable bonds is 5. The maximum Gasteiger partial charge on any atom is 0.258 e. The van der Waals surface area contributed by atoms with Crippen LogP contribution in [-0.2, 0) is 24.4 Å². The number of piperidine rings is 1. The van der Waals surface area contributed by atoms with Crippen LogP contribution in [0, 0.1) is 5.92 Å². The minimum atomic E-state index is 0.166. The van der Waals surface area contributed by atoms with E-state index in [-0.39, 0.29) is 5.56 Å². The lowest BCUT2D eigenvalue weighted by Gasteiger charge is -2.42. The van der Waals surface area contributed by atoms with Gasteiger partial charge in [-0.15, -0.1) is 0 Å². The average molecular weight is 457 g/mol. The third-order valence-electron chi connectivity index (χ3n) is 7.60. The van der Waals surface area contributed by atoms with Crippen molar-refractivity contribution < 1.29 is 4.74 Å². The zero-order chi connectivity index (χ0) is 22.9. The molecule has 6 heteroatoms. The van der Waals surface area contributed by atoms with Crippen molar-refractivity contribution in [2.75, 3.05) is 39.4 Å². The Balaban J connectivity index is 1.27. The fourth-order valence-electron chi connectivity index (χ4n) is 6.02. The van der Waals surface area contributed by atoms with Gasteiger partial charge in [0.15, 0.2) is 0 Å². The predicted octanol–water partition coefficient (Wildman–Crippen LogP) is 3.36. The molecule has 0 radical (unpaired) electrons. The number of benzene rings is 1. The standard InChI is InChI=1S/C28H32N4O2/c33-28-26(25-7-2-1-5-22(25)18-30-11-13-34-14-12-30)8-9-27-23-15-21(17-32(27)28)16-31(19-23)20-24-6-3-4-10-29-24/h1-10,21,23H,11-20H2/t21-,23+/m0/s1. The van der Waals surface area contributed by atoms with Gasteiger partial charge in [0.25, 0.3) is 5.56 Å². The van der Waals surface area contributed by atoms with E-state index in [1.165, 1.54) is 17.7 Å². The zero-order valence-corrected chi connectivity index (χ0v) is 19.6. The van der Waals surface area contributed by atoms with Gasteiger partial charge < -0.3 is 9.30 Å². The molecular weight excluding hydrogens is 424 g/mol. The number of aromatic nitrogens is 2. The minimum absolute atomic E-state index is 0.166. The Morgan fingerprint density at radius 1 is 0.853 bits per heavy atom. The van der Waals surface area contributed by atoms with Gasteiger partial charge in [0.1, 0.15) is 0 Å². The highest BCUT2D eigenvalue weighted by atomic mass is 16.5. The highest BCUT2D eigenvalue weighted by molar-refractivity contribution is 5.66. The summed E-state index contributed by atoms with van der Waals surface area (Å²) >= 11 is 0. The van der Waals surface area contributed by atoms with Crippen LogP contribution < -0.4 is 5.56 Å². The number of morpholine rings is 1. The van der Waals surface area contributed by atoms with Crippen LogP contribution in [0.3, 0.4) is 0 Å². The van der Waals surface area contributed by atoms with Crippen molar-refractivity contribution in [3.05, 3.63) is 88.1 Å². The number of hydrogen-bond donors (Lipinski definition) is 0. The number of fused-ring (bicyclic) bond motifs is 4. The molecule has 2 aromatic heterocycles. The van der Waals surface area contributed by atoms with Gasteiger partial charge in [0.05, 0.1) is 18.9 Å². The van der Waals surface area contributed by atoms with Crippen LogP contribution in [0.5, 0.6) is 0 Å². The van der Waals surface area contributed by atoms with Crippen LogP contribution >= 0.6 is 0 Å². The summed E-state index contributed by atoms with van der Waals surface area (Å²) in [5, 5.41) is 0. The van der Waals surface area contributed by atoms with E-state index in [0.717, 1.165) is 75.8 Å². The maximum atomic E-state index is 13.8. The van der Waals surface area contributed by atoms with Crippen molar-refractivity contribution in [2.24, 2.45) is 5.92 Å². The summed E-state index contributed by atoms with van der Waals surface area (Å²) in [6.07, 6.45) is 3.04. The topological polar surface area (TPSA) is 50.6 Å². The number of pyridine rings is 2. The van der Waals surface area contributed by atoms with Gasteiger partial charge >= 0.3 is 0 Å². The normalized spacial score (nSPS) is 22.9. The van der Waals surface area contributed by atoms with Crippen LogP contribution in [0.2, 0.25) is 0 Å². The number of likely N-dealkylation sites (tertiary alicyclic amines) is 1. The molecule has 2 bridgehead atoms. The fraction of sp³-hybridized carbons (Fsp3) is 0.429. The molecule has 1 aromatic carbocycles. The molecule has 6 nitrogen and oxygen atoms in total. The molecule has 5 heterocycles. The molecule has 0 spiro atoms. The molecule has 0 unspecified atom stereocenters. The van der Waals surface area contributed by atoms with Gasteiger partial charge in [-0.3, -0.25) is 19.6 Å². The Morgan fingerprint density at radius 2 is 1.71 bits per heavy atom. The molecule has 0 amide bonds. The summed E-state index contributed by atoms with van der Waals surface area (Å²) in [6, 6.07) is 18.8. The van der Waals surface area contributed by atoms with Crippen molar-refractivity contribution >= 4 is 0 Å². The fourth-order valence-corrected chi connectivity index (χ4v) is 6.02. The average Bonchev–Trinajstić information content (AvgIpc) is 2.87. The third-order valence-corrected chi connectivity index (χ3v) is 7.60. The van der Waals surface area contributed by atoms with E-state index in [4.69, 9.17) is 4.74 Å². The summed E-state index contributed by atoms with van der Waals surface area (Å²) in [6.45, 7) is 8.00. The van der Waals surface area contributed by atoms with Crippen LogP contribution in [-0.4, -0.2) is 58.7 Å². The SMILES string of the molecule is O=c1c(-c2ccccc2CN2CCOCC2)ccc2n1C[C@H]1C[C@@H]2CN(Cc2ccccn2)C1. The van der Waals surface area contributed by atoms with Gasteiger partial charge in [-0.1, -0.05) is 30.3 Å². The molecule has 34 heavy (non-hydrogen) atoms. The summed E-state index contributed by atoms with van der Waals surface area (Å²) < 4.78 is 7.59. The van der Waals surface area contributed by atoms with Crippen molar-refractivity contribution in [2.45, 2.75) is 32.0 Å². The third kappa shape index (κ3) is 4.33. The van der Waals surface area contributed by atoms with Crippen LogP contribution in [0.25, 0.3) is 11.1 Å². The quantitative estimate of drug-likeness (QED) is 0.589. The summed E-state index contributed by atoms with van der Waals surface area (Å²) in [5.41, 5.74) is 5.60. The second kappa shape index (κ2) is 9.45. The molecule has 0 aliphatic carbocycles. The minimum Gasteiger partial charge on any atom is -0.379 e. The highest BCUT2D eigenvalue weighted by Crippen LogP contribution is 2.36. The molecule has 2 fully saturated rings. The summed E-state index contributed by atoms with van der Waals surface area (Å²) in [4.78, 5) is 23.2. The lowest BCUT2D eigenvalue weighted by Crippen LogP contribution is -2.47. The van der Waals surface area contributed by atoms with Gasteiger partial charge in [-0.2, -0.15) is 0 Å². The van der Waals surface area contributed by atoms with E-state index >= 15 is 0 Å². The molecule has 6 rings (SSSR count). The Hall–Kier alpha value is -2.80. The molecule has 3 aliphatic rings. The van der Waals surface area contributed by atoms with E-state index in [0.29, 0.717) is 11.8 Å². The van der Waals surface area contributed by atoms with E-state index < -0.39 is 0 Å². The van der Waals surface area contributed by atoms with Gasteiger partial charge in [0.2, 0.25) is 0 Å². The van der Waals surface area contributed by atoms with E-state index in [1.807, 2.05) is 18.3 Å². The maximum absolute atomic E-state index is 13.8. The second-order valence-corrected chi connectivity index (χ2v) is 9.95. The second-order valence-electron chi connectivity index (χ2n) is 9.95. The smallest absolute Gasteiger partial charge is 0.258 e. The number of hydrogen-bond acceptors (Lipinski definition) is 5. The summed E-state index contributed by atoms with van der Waals surface area (Å²) in [7, 11) is 0. The first-order chi connectivity index (χ1) is 16.7. The Bertz CT molecular complexity index is 1200. The van der Waals surface area contributed by atoms with Crippen molar-refractivity contribution in [1.29, 1.82) is 0 Å².